The summed E-state index contributed by atoms with van der Waals surface area (Å²) >= 11 is 6.38. The van der Waals surface area contributed by atoms with Crippen molar-refractivity contribution in [3.05, 3.63) is 88.5 Å². The molecule has 3 aromatic carbocycles. The van der Waals surface area contributed by atoms with Crippen molar-refractivity contribution < 1.29 is 24.2 Å². The van der Waals surface area contributed by atoms with Gasteiger partial charge >= 0.3 is 0 Å². The Morgan fingerprint density at radius 3 is 2.28 bits per heavy atom. The number of amides is 1. The van der Waals surface area contributed by atoms with Crippen LogP contribution >= 0.6 is 11.6 Å². The lowest BCUT2D eigenvalue weighted by molar-refractivity contribution is -0.132. The molecule has 0 bridgehead atoms. The quantitative estimate of drug-likeness (QED) is 0.133. The lowest BCUT2D eigenvalue weighted by atomic mass is 9.95. The van der Waals surface area contributed by atoms with Gasteiger partial charge in [-0.2, -0.15) is 0 Å². The van der Waals surface area contributed by atoms with Crippen LogP contribution in [0.25, 0.3) is 5.76 Å². The van der Waals surface area contributed by atoms with E-state index < -0.39 is 17.7 Å². The highest BCUT2D eigenvalue weighted by Gasteiger charge is 2.47. The number of rotatable bonds is 10. The van der Waals surface area contributed by atoms with E-state index in [4.69, 9.17) is 21.1 Å². The van der Waals surface area contributed by atoms with Crippen LogP contribution in [-0.2, 0) is 9.59 Å². The average Bonchev–Trinajstić information content (AvgIpc) is 3.21. The fourth-order valence-corrected chi connectivity index (χ4v) is 4.83. The number of unbranched alkanes of at least 4 members (excludes halogenated alkanes) is 2. The standard InChI is InChI=1S/C31H33ClN2O5/c1-5-6-7-18-39-24-15-10-21(11-16-24)29(35)27-28(20-8-12-22(13-9-20)33(2)3)34(31(37)30(27)36)23-14-17-26(38-4)25(32)19-23/h8-17,19,28,35H,5-7,18H2,1-4H3/b29-27+. The molecule has 1 amide bonds. The first-order valence-electron chi connectivity index (χ1n) is 12.9. The summed E-state index contributed by atoms with van der Waals surface area (Å²) in [6.45, 7) is 2.74. The van der Waals surface area contributed by atoms with Crippen LogP contribution in [0.5, 0.6) is 11.5 Å². The summed E-state index contributed by atoms with van der Waals surface area (Å²) < 4.78 is 11.0. The van der Waals surface area contributed by atoms with E-state index in [2.05, 4.69) is 6.92 Å². The van der Waals surface area contributed by atoms with Crippen molar-refractivity contribution in [2.45, 2.75) is 32.2 Å². The van der Waals surface area contributed by atoms with Gasteiger partial charge in [-0.1, -0.05) is 43.5 Å². The lowest BCUT2D eigenvalue weighted by Gasteiger charge is -2.26. The number of carbonyl (C=O) groups excluding carboxylic acids is 2. The van der Waals surface area contributed by atoms with E-state index in [9.17, 15) is 14.7 Å². The van der Waals surface area contributed by atoms with Crippen molar-refractivity contribution in [1.29, 1.82) is 0 Å². The van der Waals surface area contributed by atoms with Crippen LogP contribution in [0.2, 0.25) is 5.02 Å². The first-order valence-corrected chi connectivity index (χ1v) is 13.3. The molecule has 204 valence electrons. The Morgan fingerprint density at radius 2 is 1.69 bits per heavy atom. The fourth-order valence-electron chi connectivity index (χ4n) is 4.58. The maximum atomic E-state index is 13.4. The fraction of sp³-hybridized carbons (Fsp3) is 0.290. The zero-order valence-corrected chi connectivity index (χ0v) is 23.4. The largest absolute Gasteiger partial charge is 0.507 e. The molecule has 0 aliphatic carbocycles. The van der Waals surface area contributed by atoms with Crippen LogP contribution in [0.3, 0.4) is 0 Å². The van der Waals surface area contributed by atoms with Gasteiger partial charge in [0.2, 0.25) is 0 Å². The van der Waals surface area contributed by atoms with Crippen LogP contribution in [0.1, 0.15) is 43.4 Å². The number of ketones is 1. The number of methoxy groups -OCH3 is 1. The number of halogens is 1. The van der Waals surface area contributed by atoms with E-state index in [-0.39, 0.29) is 11.3 Å². The molecular weight excluding hydrogens is 516 g/mol. The van der Waals surface area contributed by atoms with E-state index in [0.29, 0.717) is 39.9 Å². The summed E-state index contributed by atoms with van der Waals surface area (Å²) in [5.41, 5.74) is 2.46. The van der Waals surface area contributed by atoms with Gasteiger partial charge < -0.3 is 19.5 Å². The van der Waals surface area contributed by atoms with Crippen LogP contribution in [-0.4, -0.2) is 44.6 Å². The SMILES string of the molecule is CCCCCOc1ccc(/C(O)=C2\C(=O)C(=O)N(c3ccc(OC)c(Cl)c3)C2c2ccc(N(C)C)cc2)cc1. The van der Waals surface area contributed by atoms with Gasteiger partial charge in [-0.3, -0.25) is 14.5 Å². The normalized spacial score (nSPS) is 16.4. The molecule has 0 spiro atoms. The van der Waals surface area contributed by atoms with E-state index >= 15 is 0 Å². The molecule has 39 heavy (non-hydrogen) atoms. The summed E-state index contributed by atoms with van der Waals surface area (Å²) in [5.74, 6) is -0.668. The third-order valence-corrected chi connectivity index (χ3v) is 7.02. The Balaban J connectivity index is 1.78. The molecule has 1 aliphatic heterocycles. The molecule has 0 aromatic heterocycles. The summed E-state index contributed by atoms with van der Waals surface area (Å²) in [7, 11) is 5.36. The second kappa shape index (κ2) is 12.3. The number of benzene rings is 3. The minimum Gasteiger partial charge on any atom is -0.507 e. The number of hydrogen-bond acceptors (Lipinski definition) is 6. The Labute approximate surface area is 234 Å². The summed E-state index contributed by atoms with van der Waals surface area (Å²) in [6.07, 6.45) is 3.16. The number of aliphatic hydroxyl groups is 1. The molecule has 1 N–H and O–H groups in total. The second-order valence-corrected chi connectivity index (χ2v) is 9.96. The van der Waals surface area contributed by atoms with Gasteiger partial charge in [0.15, 0.2) is 0 Å². The van der Waals surface area contributed by atoms with Crippen molar-refractivity contribution in [3.63, 3.8) is 0 Å². The Hall–Kier alpha value is -3.97. The summed E-state index contributed by atoms with van der Waals surface area (Å²) in [4.78, 5) is 30.2. The van der Waals surface area contributed by atoms with Gasteiger partial charge in [-0.15, -0.1) is 0 Å². The highest BCUT2D eigenvalue weighted by Crippen LogP contribution is 2.44. The third kappa shape index (κ3) is 5.88. The van der Waals surface area contributed by atoms with Crippen molar-refractivity contribution in [3.8, 4) is 11.5 Å². The van der Waals surface area contributed by atoms with E-state index in [1.54, 1.807) is 42.5 Å². The van der Waals surface area contributed by atoms with Gasteiger partial charge in [0.1, 0.15) is 17.3 Å². The van der Waals surface area contributed by atoms with Crippen LogP contribution < -0.4 is 19.3 Å². The number of aliphatic hydroxyl groups excluding tert-OH is 1. The van der Waals surface area contributed by atoms with Crippen LogP contribution in [0, 0.1) is 0 Å². The van der Waals surface area contributed by atoms with Crippen molar-refractivity contribution in [2.75, 3.05) is 37.6 Å². The monoisotopic (exact) mass is 548 g/mol. The minimum absolute atomic E-state index is 0.00107. The zero-order valence-electron chi connectivity index (χ0n) is 22.6. The number of hydrogen-bond donors (Lipinski definition) is 1. The molecule has 1 saturated heterocycles. The predicted molar refractivity (Wildman–Crippen MR) is 155 cm³/mol. The summed E-state index contributed by atoms with van der Waals surface area (Å²) in [5, 5.41) is 11.7. The molecule has 7 nitrogen and oxygen atoms in total. The number of nitrogens with zero attached hydrogens (tertiary/aromatic N) is 2. The highest BCUT2D eigenvalue weighted by molar-refractivity contribution is 6.51. The summed E-state index contributed by atoms with van der Waals surface area (Å²) in [6, 6.07) is 18.4. The van der Waals surface area contributed by atoms with Gasteiger partial charge in [0.05, 0.1) is 30.4 Å². The minimum atomic E-state index is -0.865. The van der Waals surface area contributed by atoms with E-state index in [1.165, 1.54) is 12.0 Å². The third-order valence-electron chi connectivity index (χ3n) is 6.73. The van der Waals surface area contributed by atoms with E-state index in [1.807, 2.05) is 43.3 Å². The molecule has 1 heterocycles. The molecule has 1 atom stereocenters. The van der Waals surface area contributed by atoms with E-state index in [0.717, 1.165) is 24.9 Å². The Kier molecular flexibility index (Phi) is 8.82. The molecule has 0 radical (unpaired) electrons. The number of carbonyl (C=O) groups is 2. The smallest absolute Gasteiger partial charge is 0.300 e. The van der Waals surface area contributed by atoms with Crippen LogP contribution in [0.15, 0.2) is 72.3 Å². The first-order chi connectivity index (χ1) is 18.8. The highest BCUT2D eigenvalue weighted by atomic mass is 35.5. The molecule has 0 saturated carbocycles. The Bertz CT molecular complexity index is 1370. The van der Waals surface area contributed by atoms with Gasteiger partial charge in [0, 0.05) is 31.0 Å². The molecule has 4 rings (SSSR count). The zero-order chi connectivity index (χ0) is 28.1. The van der Waals surface area contributed by atoms with Crippen LogP contribution in [0.4, 0.5) is 11.4 Å². The molecule has 8 heteroatoms. The topological polar surface area (TPSA) is 79.3 Å². The van der Waals surface area contributed by atoms with Crippen molar-refractivity contribution >= 4 is 40.4 Å². The van der Waals surface area contributed by atoms with Crippen molar-refractivity contribution in [1.82, 2.24) is 0 Å². The molecule has 3 aromatic rings. The maximum Gasteiger partial charge on any atom is 0.300 e. The maximum absolute atomic E-state index is 13.4. The predicted octanol–water partition coefficient (Wildman–Crippen LogP) is 6.61. The van der Waals surface area contributed by atoms with Gasteiger partial charge in [-0.25, -0.2) is 0 Å². The second-order valence-electron chi connectivity index (χ2n) is 9.55. The molecule has 1 fully saturated rings. The molecule has 1 aliphatic rings. The molecular formula is C31H33ClN2O5. The van der Waals surface area contributed by atoms with Crippen molar-refractivity contribution in [2.24, 2.45) is 0 Å². The Morgan fingerprint density at radius 1 is 1.00 bits per heavy atom. The molecule has 1 unspecified atom stereocenters. The first kappa shape index (κ1) is 28.0. The van der Waals surface area contributed by atoms with Gasteiger partial charge in [-0.05, 0) is 66.6 Å². The number of ether oxygens (including phenoxy) is 2. The average molecular weight is 549 g/mol. The number of Topliss-reactive ketones (excluding diaryl/α,β-unsaturated/α-hetero) is 1. The lowest BCUT2D eigenvalue weighted by Crippen LogP contribution is -2.29. The van der Waals surface area contributed by atoms with Gasteiger partial charge in [0.25, 0.3) is 11.7 Å². The number of anilines is 2.